The minimum atomic E-state index is -0.529. The van der Waals surface area contributed by atoms with Crippen LogP contribution >= 0.6 is 11.6 Å². The van der Waals surface area contributed by atoms with Gasteiger partial charge in [-0.05, 0) is 6.07 Å². The molecule has 1 aromatic carbocycles. The lowest BCUT2D eigenvalue weighted by Crippen LogP contribution is -3.00. The maximum absolute atomic E-state index is 11.7. The number of nitro benzene ring substituents is 1. The van der Waals surface area contributed by atoms with Crippen LogP contribution in [0.1, 0.15) is 5.56 Å². The Morgan fingerprint density at radius 1 is 1.35 bits per heavy atom. The molecule has 0 aliphatic heterocycles. The standard InChI is InChI=1S/C14H11ClN4O3.ClH/c15-13-5-4-12(19(21)22)8-11(13)9-16-17-14(20)10-18-6-2-1-3-7-18;/h1-9H,10H2;1H. The first kappa shape index (κ1) is 18.5. The van der Waals surface area contributed by atoms with Crippen molar-refractivity contribution < 1.29 is 26.7 Å². The van der Waals surface area contributed by atoms with Gasteiger partial charge in [-0.15, -0.1) is 0 Å². The minimum absolute atomic E-state index is 0. The SMILES string of the molecule is O=C(C[n+]1ccccc1)NN=Cc1cc([N+](=O)[O-])ccc1Cl.[Cl-]. The predicted octanol–water partition coefficient (Wildman–Crippen LogP) is -1.31. The molecule has 0 spiro atoms. The van der Waals surface area contributed by atoms with E-state index >= 15 is 0 Å². The molecule has 2 aromatic rings. The molecule has 9 heteroatoms. The zero-order valence-corrected chi connectivity index (χ0v) is 13.2. The Morgan fingerprint density at radius 3 is 2.70 bits per heavy atom. The number of non-ortho nitro benzene ring substituents is 1. The lowest BCUT2D eigenvalue weighted by molar-refractivity contribution is -0.684. The summed E-state index contributed by atoms with van der Waals surface area (Å²) in [5.74, 6) is -0.325. The molecule has 0 fully saturated rings. The highest BCUT2D eigenvalue weighted by Crippen LogP contribution is 2.20. The van der Waals surface area contributed by atoms with E-state index in [2.05, 4.69) is 10.5 Å². The molecule has 2 rings (SSSR count). The van der Waals surface area contributed by atoms with Crippen LogP contribution in [0.5, 0.6) is 0 Å². The van der Waals surface area contributed by atoms with Crippen LogP contribution in [0, 0.1) is 10.1 Å². The summed E-state index contributed by atoms with van der Waals surface area (Å²) in [6.45, 7) is 0.112. The van der Waals surface area contributed by atoms with Crippen molar-refractivity contribution in [1.29, 1.82) is 0 Å². The Kier molecular flexibility index (Phi) is 7.11. The van der Waals surface area contributed by atoms with Crippen molar-refractivity contribution in [3.63, 3.8) is 0 Å². The zero-order valence-electron chi connectivity index (χ0n) is 11.7. The second-order valence-corrected chi connectivity index (χ2v) is 4.71. The first-order valence-corrected chi connectivity index (χ1v) is 6.64. The van der Waals surface area contributed by atoms with Gasteiger partial charge >= 0.3 is 5.91 Å². The number of carbonyl (C=O) groups is 1. The van der Waals surface area contributed by atoms with Gasteiger partial charge in [0.05, 0.1) is 11.1 Å². The molecule has 0 radical (unpaired) electrons. The van der Waals surface area contributed by atoms with E-state index in [9.17, 15) is 14.9 Å². The van der Waals surface area contributed by atoms with Crippen molar-refractivity contribution in [3.8, 4) is 0 Å². The maximum Gasteiger partial charge on any atom is 0.305 e. The summed E-state index contributed by atoms with van der Waals surface area (Å²) in [6.07, 6.45) is 4.77. The van der Waals surface area contributed by atoms with Crippen molar-refractivity contribution in [2.45, 2.75) is 6.54 Å². The van der Waals surface area contributed by atoms with Gasteiger partial charge in [0.2, 0.25) is 6.54 Å². The number of pyridine rings is 1. The molecular weight excluding hydrogens is 343 g/mol. The van der Waals surface area contributed by atoms with Crippen LogP contribution in [-0.4, -0.2) is 17.0 Å². The van der Waals surface area contributed by atoms with Crippen LogP contribution in [0.4, 0.5) is 5.69 Å². The molecule has 0 saturated carbocycles. The van der Waals surface area contributed by atoms with Gasteiger partial charge in [0.15, 0.2) is 12.4 Å². The number of amides is 1. The third-order valence-corrected chi connectivity index (χ3v) is 3.03. The average molecular weight is 355 g/mol. The van der Waals surface area contributed by atoms with Crippen LogP contribution < -0.4 is 22.4 Å². The van der Waals surface area contributed by atoms with E-state index in [-0.39, 0.29) is 30.5 Å². The van der Waals surface area contributed by atoms with E-state index < -0.39 is 4.92 Å². The van der Waals surface area contributed by atoms with Crippen molar-refractivity contribution in [3.05, 3.63) is 69.5 Å². The summed E-state index contributed by atoms with van der Waals surface area (Å²) >= 11 is 5.92. The number of nitrogens with zero attached hydrogens (tertiary/aromatic N) is 3. The summed E-state index contributed by atoms with van der Waals surface area (Å²) in [7, 11) is 0. The first-order chi connectivity index (χ1) is 10.6. The van der Waals surface area contributed by atoms with Gasteiger partial charge in [0, 0.05) is 34.9 Å². The smallest absolute Gasteiger partial charge is 0.305 e. The highest BCUT2D eigenvalue weighted by Gasteiger charge is 2.09. The summed E-state index contributed by atoms with van der Waals surface area (Å²) in [5.41, 5.74) is 2.59. The molecule has 0 aliphatic rings. The first-order valence-electron chi connectivity index (χ1n) is 6.26. The molecule has 120 valence electrons. The van der Waals surface area contributed by atoms with Crippen LogP contribution in [0.15, 0.2) is 53.9 Å². The molecule has 1 amide bonds. The average Bonchev–Trinajstić information content (AvgIpc) is 2.50. The molecule has 0 saturated heterocycles. The Bertz CT molecular complexity index is 723. The highest BCUT2D eigenvalue weighted by atomic mass is 35.5. The number of aromatic nitrogens is 1. The van der Waals surface area contributed by atoms with Gasteiger partial charge in [0.25, 0.3) is 5.69 Å². The fourth-order valence-corrected chi connectivity index (χ4v) is 1.82. The van der Waals surface area contributed by atoms with Gasteiger partial charge < -0.3 is 12.4 Å². The van der Waals surface area contributed by atoms with Crippen molar-refractivity contribution in [1.82, 2.24) is 5.43 Å². The van der Waals surface area contributed by atoms with Crippen molar-refractivity contribution >= 4 is 29.4 Å². The molecule has 23 heavy (non-hydrogen) atoms. The predicted molar refractivity (Wildman–Crippen MR) is 80.5 cm³/mol. The fourth-order valence-electron chi connectivity index (χ4n) is 1.66. The largest absolute Gasteiger partial charge is 1.00 e. The second-order valence-electron chi connectivity index (χ2n) is 4.30. The lowest BCUT2D eigenvalue weighted by Gasteiger charge is -1.99. The van der Waals surface area contributed by atoms with E-state index in [4.69, 9.17) is 11.6 Å². The van der Waals surface area contributed by atoms with Gasteiger partial charge in [-0.3, -0.25) is 14.9 Å². The van der Waals surface area contributed by atoms with E-state index in [1.165, 1.54) is 24.4 Å². The normalized spacial score (nSPS) is 10.1. The van der Waals surface area contributed by atoms with E-state index in [1.807, 2.05) is 6.07 Å². The monoisotopic (exact) mass is 354 g/mol. The summed E-state index contributed by atoms with van der Waals surface area (Å²) in [6, 6.07) is 9.44. The van der Waals surface area contributed by atoms with E-state index in [0.29, 0.717) is 10.6 Å². The Labute approximate surface area is 143 Å². The summed E-state index contributed by atoms with van der Waals surface area (Å²) in [4.78, 5) is 21.8. The topological polar surface area (TPSA) is 88.5 Å². The Hall–Kier alpha value is -2.51. The third-order valence-electron chi connectivity index (χ3n) is 2.69. The van der Waals surface area contributed by atoms with Crippen LogP contribution in [0.3, 0.4) is 0 Å². The fraction of sp³-hybridized carbons (Fsp3) is 0.0714. The number of hydrogen-bond acceptors (Lipinski definition) is 4. The number of nitro groups is 1. The van der Waals surface area contributed by atoms with Crippen LogP contribution in [-0.2, 0) is 11.3 Å². The number of nitrogens with one attached hydrogen (secondary N) is 1. The number of hydrazone groups is 1. The van der Waals surface area contributed by atoms with Gasteiger partial charge in [-0.1, -0.05) is 17.7 Å². The molecule has 1 N–H and O–H groups in total. The van der Waals surface area contributed by atoms with Crippen molar-refractivity contribution in [2.75, 3.05) is 0 Å². The number of halogens is 2. The molecule has 0 unspecified atom stereocenters. The lowest BCUT2D eigenvalue weighted by atomic mass is 10.2. The van der Waals surface area contributed by atoms with Gasteiger partial charge in [0.1, 0.15) is 0 Å². The molecule has 1 heterocycles. The summed E-state index contributed by atoms with van der Waals surface area (Å²) < 4.78 is 1.69. The van der Waals surface area contributed by atoms with Crippen LogP contribution in [0.25, 0.3) is 0 Å². The Balaban J connectivity index is 0.00000264. The van der Waals surface area contributed by atoms with Crippen molar-refractivity contribution in [2.24, 2.45) is 5.10 Å². The van der Waals surface area contributed by atoms with Crippen LogP contribution in [0.2, 0.25) is 5.02 Å². The molecule has 0 bridgehead atoms. The molecule has 1 aromatic heterocycles. The molecule has 0 atom stereocenters. The van der Waals surface area contributed by atoms with Gasteiger partial charge in [-0.25, -0.2) is 5.43 Å². The number of rotatable bonds is 5. The Morgan fingerprint density at radius 2 is 2.04 bits per heavy atom. The number of hydrogen-bond donors (Lipinski definition) is 1. The van der Waals surface area contributed by atoms with Gasteiger partial charge in [-0.2, -0.15) is 9.67 Å². The van der Waals surface area contributed by atoms with E-state index in [1.54, 1.807) is 29.1 Å². The second kappa shape index (κ2) is 8.82. The zero-order chi connectivity index (χ0) is 15.9. The number of carbonyl (C=O) groups excluding carboxylic acids is 1. The molecular formula is C14H12Cl2N4O3. The number of benzene rings is 1. The highest BCUT2D eigenvalue weighted by molar-refractivity contribution is 6.33. The summed E-state index contributed by atoms with van der Waals surface area (Å²) in [5, 5.41) is 14.8. The maximum atomic E-state index is 11.7. The molecule has 0 aliphatic carbocycles. The third kappa shape index (κ3) is 5.65. The van der Waals surface area contributed by atoms with E-state index in [0.717, 1.165) is 0 Å². The quantitative estimate of drug-likeness (QED) is 0.313. The minimum Gasteiger partial charge on any atom is -1.00 e. The molecule has 7 nitrogen and oxygen atoms in total.